The molecule has 1 fully saturated rings. The molecule has 0 aromatic carbocycles. The first-order valence-corrected chi connectivity index (χ1v) is 7.08. The highest BCUT2D eigenvalue weighted by atomic mass is 16.2. The van der Waals surface area contributed by atoms with Gasteiger partial charge in [-0.3, -0.25) is 19.9 Å². The fraction of sp³-hybridized carbons (Fsp3) is 0.125. The molecule has 116 valence electrons. The van der Waals surface area contributed by atoms with Crippen LogP contribution in [-0.2, 0) is 16.1 Å². The van der Waals surface area contributed by atoms with Crippen molar-refractivity contribution < 1.29 is 14.4 Å². The van der Waals surface area contributed by atoms with Crippen molar-refractivity contribution in [1.29, 1.82) is 0 Å². The highest BCUT2D eigenvalue weighted by Gasteiger charge is 2.36. The third-order valence-electron chi connectivity index (χ3n) is 3.52. The number of anilines is 1. The summed E-state index contributed by atoms with van der Waals surface area (Å²) in [6.07, 6.45) is 6.28. The van der Waals surface area contributed by atoms with Crippen molar-refractivity contribution in [2.24, 2.45) is 0 Å². The van der Waals surface area contributed by atoms with E-state index in [1.807, 2.05) is 23.8 Å². The van der Waals surface area contributed by atoms with Crippen LogP contribution in [0.1, 0.15) is 12.6 Å². The molecule has 3 heterocycles. The number of pyridine rings is 1. The number of urea groups is 1. The number of imide groups is 2. The van der Waals surface area contributed by atoms with Gasteiger partial charge in [0.15, 0.2) is 0 Å². The van der Waals surface area contributed by atoms with Crippen LogP contribution in [0.5, 0.6) is 0 Å². The highest BCUT2D eigenvalue weighted by Crippen LogP contribution is 2.21. The summed E-state index contributed by atoms with van der Waals surface area (Å²) in [5.41, 5.74) is 0.983. The third kappa shape index (κ3) is 2.64. The summed E-state index contributed by atoms with van der Waals surface area (Å²) in [5, 5.41) is 2.19. The summed E-state index contributed by atoms with van der Waals surface area (Å²) in [5.74, 6) is -1.36. The lowest BCUT2D eigenvalue weighted by Crippen LogP contribution is -2.54. The first-order chi connectivity index (χ1) is 11.1. The lowest BCUT2D eigenvalue weighted by Gasteiger charge is -2.26. The number of carbonyl (C=O) groups excluding carboxylic acids is 3. The molecule has 0 radical (unpaired) electrons. The van der Waals surface area contributed by atoms with Crippen molar-refractivity contribution >= 4 is 29.6 Å². The fourth-order valence-corrected chi connectivity index (χ4v) is 2.38. The number of aryl methyl sites for hydroxylation is 1. The number of nitrogens with one attached hydrogen (secondary N) is 1. The molecule has 1 aliphatic heterocycles. The number of barbiturate groups is 1. The Morgan fingerprint density at radius 1 is 1.17 bits per heavy atom. The molecule has 0 atom stereocenters. The second-order valence-corrected chi connectivity index (χ2v) is 4.88. The quantitative estimate of drug-likeness (QED) is 0.689. The number of rotatable bonds is 3. The molecule has 0 saturated carbocycles. The Bertz CT molecular complexity index is 808. The van der Waals surface area contributed by atoms with Gasteiger partial charge in [-0.1, -0.05) is 0 Å². The number of amides is 4. The van der Waals surface area contributed by atoms with Crippen LogP contribution in [0.3, 0.4) is 0 Å². The lowest BCUT2D eigenvalue weighted by atomic mass is 10.1. The third-order valence-corrected chi connectivity index (χ3v) is 3.52. The maximum atomic E-state index is 12.6. The molecule has 23 heavy (non-hydrogen) atoms. The zero-order valence-corrected chi connectivity index (χ0v) is 12.4. The van der Waals surface area contributed by atoms with Crippen LogP contribution in [0.15, 0.2) is 48.4 Å². The van der Waals surface area contributed by atoms with E-state index in [0.717, 1.165) is 10.6 Å². The van der Waals surface area contributed by atoms with Gasteiger partial charge < -0.3 is 4.57 Å². The Hall–Kier alpha value is -3.22. The molecule has 7 nitrogen and oxygen atoms in total. The number of hydrogen-bond donors (Lipinski definition) is 1. The smallest absolute Gasteiger partial charge is 0.335 e. The first-order valence-electron chi connectivity index (χ1n) is 7.08. The summed E-state index contributed by atoms with van der Waals surface area (Å²) in [6, 6.07) is 5.91. The predicted octanol–water partition coefficient (Wildman–Crippen LogP) is 1.57. The summed E-state index contributed by atoms with van der Waals surface area (Å²) in [6.45, 7) is 2.66. The number of carbonyl (C=O) groups is 3. The summed E-state index contributed by atoms with van der Waals surface area (Å²) in [7, 11) is 0. The van der Waals surface area contributed by atoms with Crippen LogP contribution < -0.4 is 10.2 Å². The van der Waals surface area contributed by atoms with Gasteiger partial charge in [-0.25, -0.2) is 9.69 Å². The zero-order valence-electron chi connectivity index (χ0n) is 12.4. The molecule has 1 aliphatic rings. The standard InChI is InChI=1S/C16H14N4O3/c1-2-19-9-3-4-12(19)10-13-14(21)18-16(23)20(15(13)22)11-5-7-17-8-6-11/h3-10H,2H2,1H3,(H,18,21,23)/b13-10+. The van der Waals surface area contributed by atoms with Gasteiger partial charge in [-0.05, 0) is 37.3 Å². The van der Waals surface area contributed by atoms with E-state index in [1.165, 1.54) is 30.6 Å². The van der Waals surface area contributed by atoms with E-state index >= 15 is 0 Å². The van der Waals surface area contributed by atoms with Gasteiger partial charge in [0.2, 0.25) is 0 Å². The molecule has 7 heteroatoms. The molecule has 1 saturated heterocycles. The first kappa shape index (κ1) is 14.7. The lowest BCUT2D eigenvalue weighted by molar-refractivity contribution is -0.122. The molecule has 2 aromatic heterocycles. The molecule has 0 unspecified atom stereocenters. The van der Waals surface area contributed by atoms with Gasteiger partial charge in [0.05, 0.1) is 5.69 Å². The molecule has 0 aliphatic carbocycles. The maximum absolute atomic E-state index is 12.6. The minimum atomic E-state index is -0.769. The van der Waals surface area contributed by atoms with E-state index in [4.69, 9.17) is 0 Å². The molecule has 2 aromatic rings. The van der Waals surface area contributed by atoms with Crippen molar-refractivity contribution in [2.45, 2.75) is 13.5 Å². The van der Waals surface area contributed by atoms with E-state index in [0.29, 0.717) is 12.2 Å². The fourth-order valence-electron chi connectivity index (χ4n) is 2.38. The van der Waals surface area contributed by atoms with E-state index in [2.05, 4.69) is 10.3 Å². The second kappa shape index (κ2) is 5.88. The van der Waals surface area contributed by atoms with Gasteiger partial charge in [0.1, 0.15) is 5.57 Å². The minimum absolute atomic E-state index is 0.0881. The number of nitrogens with zero attached hydrogens (tertiary/aromatic N) is 3. The van der Waals surface area contributed by atoms with Crippen LogP contribution in [0.25, 0.3) is 6.08 Å². The largest absolute Gasteiger partial charge is 0.348 e. The zero-order chi connectivity index (χ0) is 16.4. The van der Waals surface area contributed by atoms with Gasteiger partial charge in [0.25, 0.3) is 11.8 Å². The van der Waals surface area contributed by atoms with E-state index in [-0.39, 0.29) is 5.57 Å². The maximum Gasteiger partial charge on any atom is 0.335 e. The van der Waals surface area contributed by atoms with Crippen LogP contribution in [0.2, 0.25) is 0 Å². The summed E-state index contributed by atoms with van der Waals surface area (Å²) in [4.78, 5) is 41.5. The second-order valence-electron chi connectivity index (χ2n) is 4.88. The Kier molecular flexibility index (Phi) is 3.76. The number of aromatic nitrogens is 2. The molecule has 4 amide bonds. The molecular formula is C16H14N4O3. The van der Waals surface area contributed by atoms with Crippen molar-refractivity contribution in [3.63, 3.8) is 0 Å². The van der Waals surface area contributed by atoms with Crippen molar-refractivity contribution in [3.8, 4) is 0 Å². The average molecular weight is 310 g/mol. The molecule has 0 bridgehead atoms. The Morgan fingerprint density at radius 2 is 1.91 bits per heavy atom. The van der Waals surface area contributed by atoms with Crippen molar-refractivity contribution in [1.82, 2.24) is 14.9 Å². The molecule has 1 N–H and O–H groups in total. The number of hydrogen-bond acceptors (Lipinski definition) is 4. The molecule has 0 spiro atoms. The van der Waals surface area contributed by atoms with E-state index in [9.17, 15) is 14.4 Å². The van der Waals surface area contributed by atoms with Gasteiger partial charge in [-0.2, -0.15) is 0 Å². The average Bonchev–Trinajstić information content (AvgIpc) is 2.99. The van der Waals surface area contributed by atoms with Crippen molar-refractivity contribution in [2.75, 3.05) is 4.90 Å². The molecule has 3 rings (SSSR count). The Balaban J connectivity index is 2.02. The van der Waals surface area contributed by atoms with Gasteiger partial charge in [-0.15, -0.1) is 0 Å². The molecular weight excluding hydrogens is 296 g/mol. The Labute approximate surface area is 132 Å². The highest BCUT2D eigenvalue weighted by molar-refractivity contribution is 6.39. The SMILES string of the molecule is CCn1cccc1/C=C1\C(=O)NC(=O)N(c2ccncc2)C1=O. The van der Waals surface area contributed by atoms with Gasteiger partial charge >= 0.3 is 6.03 Å². The van der Waals surface area contributed by atoms with Gasteiger partial charge in [0, 0.05) is 30.8 Å². The van der Waals surface area contributed by atoms with E-state index < -0.39 is 17.8 Å². The summed E-state index contributed by atoms with van der Waals surface area (Å²) < 4.78 is 1.89. The Morgan fingerprint density at radius 3 is 2.61 bits per heavy atom. The normalized spacial score (nSPS) is 16.8. The van der Waals surface area contributed by atoms with Crippen molar-refractivity contribution in [3.05, 3.63) is 54.1 Å². The van der Waals surface area contributed by atoms with Crippen LogP contribution in [-0.4, -0.2) is 27.4 Å². The minimum Gasteiger partial charge on any atom is -0.348 e. The van der Waals surface area contributed by atoms with Crippen LogP contribution in [0.4, 0.5) is 10.5 Å². The monoisotopic (exact) mass is 310 g/mol. The van der Waals surface area contributed by atoms with Crippen LogP contribution in [0, 0.1) is 0 Å². The van der Waals surface area contributed by atoms with E-state index in [1.54, 1.807) is 6.07 Å². The topological polar surface area (TPSA) is 84.3 Å². The predicted molar refractivity (Wildman–Crippen MR) is 83.3 cm³/mol. The summed E-state index contributed by atoms with van der Waals surface area (Å²) >= 11 is 0. The van der Waals surface area contributed by atoms with Crippen LogP contribution >= 0.6 is 0 Å².